The van der Waals surface area contributed by atoms with Gasteiger partial charge in [-0.2, -0.15) is 0 Å². The van der Waals surface area contributed by atoms with Crippen molar-refractivity contribution in [3.8, 4) is 0 Å². The van der Waals surface area contributed by atoms with Crippen LogP contribution in [0.5, 0.6) is 0 Å². The molecule has 5 heteroatoms. The lowest BCUT2D eigenvalue weighted by Crippen LogP contribution is -2.13. The number of furan rings is 1. The molecule has 0 bridgehead atoms. The standard InChI is InChI=1S/C14H16N2O3/c1-10-2-3-12(19-10)4-5-14(18)16-13-8-15-7-6-11(13)9-17/h2-3,6-8,17H,4-5,9H2,1H3,(H,16,18). The molecule has 0 aliphatic rings. The summed E-state index contributed by atoms with van der Waals surface area (Å²) in [7, 11) is 0. The molecule has 2 aromatic heterocycles. The first-order valence-electron chi connectivity index (χ1n) is 6.08. The van der Waals surface area contributed by atoms with Gasteiger partial charge in [0.1, 0.15) is 11.5 Å². The van der Waals surface area contributed by atoms with Crippen molar-refractivity contribution in [1.82, 2.24) is 4.98 Å². The van der Waals surface area contributed by atoms with Gasteiger partial charge in [0.15, 0.2) is 0 Å². The first-order chi connectivity index (χ1) is 9.19. The second-order valence-electron chi connectivity index (χ2n) is 4.25. The molecular formula is C14H16N2O3. The molecule has 2 aromatic rings. The van der Waals surface area contributed by atoms with Gasteiger partial charge in [-0.15, -0.1) is 0 Å². The molecule has 0 saturated heterocycles. The number of hydrogen-bond donors (Lipinski definition) is 2. The third-order valence-electron chi connectivity index (χ3n) is 2.75. The maximum absolute atomic E-state index is 11.8. The Morgan fingerprint density at radius 1 is 1.42 bits per heavy atom. The van der Waals surface area contributed by atoms with Crippen LogP contribution in [0.25, 0.3) is 0 Å². The molecule has 0 saturated carbocycles. The van der Waals surface area contributed by atoms with E-state index < -0.39 is 0 Å². The van der Waals surface area contributed by atoms with Crippen molar-refractivity contribution in [2.24, 2.45) is 0 Å². The Balaban J connectivity index is 1.90. The van der Waals surface area contributed by atoms with Crippen LogP contribution in [0.3, 0.4) is 0 Å². The largest absolute Gasteiger partial charge is 0.466 e. The monoisotopic (exact) mass is 260 g/mol. The molecule has 1 amide bonds. The highest BCUT2D eigenvalue weighted by molar-refractivity contribution is 5.91. The van der Waals surface area contributed by atoms with Gasteiger partial charge in [-0.1, -0.05) is 0 Å². The molecule has 0 fully saturated rings. The van der Waals surface area contributed by atoms with Gasteiger partial charge in [0.25, 0.3) is 0 Å². The normalized spacial score (nSPS) is 10.4. The number of nitrogens with zero attached hydrogens (tertiary/aromatic N) is 1. The Morgan fingerprint density at radius 2 is 2.26 bits per heavy atom. The molecule has 0 aromatic carbocycles. The van der Waals surface area contributed by atoms with Gasteiger partial charge >= 0.3 is 0 Å². The van der Waals surface area contributed by atoms with Crippen LogP contribution in [0, 0.1) is 6.92 Å². The third-order valence-corrected chi connectivity index (χ3v) is 2.75. The lowest BCUT2D eigenvalue weighted by atomic mass is 10.2. The minimum absolute atomic E-state index is 0.128. The Hall–Kier alpha value is -2.14. The van der Waals surface area contributed by atoms with Crippen LogP contribution in [0.4, 0.5) is 5.69 Å². The van der Waals surface area contributed by atoms with Crippen molar-refractivity contribution >= 4 is 11.6 Å². The molecule has 0 unspecified atom stereocenters. The summed E-state index contributed by atoms with van der Waals surface area (Å²) in [5, 5.41) is 11.9. The number of carbonyl (C=O) groups is 1. The molecule has 0 aliphatic heterocycles. The average molecular weight is 260 g/mol. The molecule has 19 heavy (non-hydrogen) atoms. The van der Waals surface area contributed by atoms with E-state index in [0.717, 1.165) is 11.5 Å². The second kappa shape index (κ2) is 6.15. The van der Waals surface area contributed by atoms with Crippen molar-refractivity contribution < 1.29 is 14.3 Å². The van der Waals surface area contributed by atoms with Crippen molar-refractivity contribution in [1.29, 1.82) is 0 Å². The first-order valence-corrected chi connectivity index (χ1v) is 6.08. The summed E-state index contributed by atoms with van der Waals surface area (Å²) in [5.74, 6) is 1.50. The van der Waals surface area contributed by atoms with Gasteiger partial charge in [0.2, 0.25) is 5.91 Å². The van der Waals surface area contributed by atoms with E-state index in [9.17, 15) is 4.79 Å². The minimum atomic E-state index is -0.129. The highest BCUT2D eigenvalue weighted by Crippen LogP contribution is 2.14. The molecule has 0 spiro atoms. The number of aromatic nitrogens is 1. The summed E-state index contributed by atoms with van der Waals surface area (Å²) in [5.41, 5.74) is 1.20. The van der Waals surface area contributed by atoms with E-state index in [2.05, 4.69) is 10.3 Å². The summed E-state index contributed by atoms with van der Waals surface area (Å²) in [6.45, 7) is 1.74. The maximum atomic E-state index is 11.8. The highest BCUT2D eigenvalue weighted by Gasteiger charge is 2.08. The molecule has 2 rings (SSSR count). The molecule has 100 valence electrons. The zero-order valence-corrected chi connectivity index (χ0v) is 10.7. The first kappa shape index (κ1) is 13.3. The SMILES string of the molecule is Cc1ccc(CCC(=O)Nc2cnccc2CO)o1. The number of nitrogens with one attached hydrogen (secondary N) is 1. The molecule has 2 N–H and O–H groups in total. The van der Waals surface area contributed by atoms with E-state index in [1.165, 1.54) is 6.20 Å². The molecule has 0 aliphatic carbocycles. The van der Waals surface area contributed by atoms with Gasteiger partial charge in [0, 0.05) is 24.6 Å². The van der Waals surface area contributed by atoms with Crippen LogP contribution < -0.4 is 5.32 Å². The second-order valence-corrected chi connectivity index (χ2v) is 4.25. The molecule has 0 atom stereocenters. The summed E-state index contributed by atoms with van der Waals surface area (Å²) < 4.78 is 5.40. The average Bonchev–Trinajstić information content (AvgIpc) is 2.83. The quantitative estimate of drug-likeness (QED) is 0.862. The number of amides is 1. The van der Waals surface area contributed by atoms with E-state index >= 15 is 0 Å². The summed E-state index contributed by atoms with van der Waals surface area (Å²) in [4.78, 5) is 15.7. The van der Waals surface area contributed by atoms with Crippen LogP contribution in [-0.2, 0) is 17.8 Å². The Bertz CT molecular complexity index is 563. The van der Waals surface area contributed by atoms with Crippen LogP contribution in [-0.4, -0.2) is 16.0 Å². The van der Waals surface area contributed by atoms with Gasteiger partial charge in [-0.3, -0.25) is 9.78 Å². The molecular weight excluding hydrogens is 244 g/mol. The summed E-state index contributed by atoms with van der Waals surface area (Å²) >= 11 is 0. The number of rotatable bonds is 5. The Morgan fingerprint density at radius 3 is 2.95 bits per heavy atom. The Labute approximate surface area is 111 Å². The molecule has 0 radical (unpaired) electrons. The number of aliphatic hydroxyl groups excluding tert-OH is 1. The maximum Gasteiger partial charge on any atom is 0.224 e. The predicted molar refractivity (Wildman–Crippen MR) is 70.6 cm³/mol. The van der Waals surface area contributed by atoms with Crippen LogP contribution in [0.2, 0.25) is 0 Å². The molecule has 5 nitrogen and oxygen atoms in total. The zero-order chi connectivity index (χ0) is 13.7. The predicted octanol–water partition coefficient (Wildman–Crippen LogP) is 2.05. The third kappa shape index (κ3) is 3.66. The van der Waals surface area contributed by atoms with Gasteiger partial charge < -0.3 is 14.8 Å². The van der Waals surface area contributed by atoms with Crippen molar-refractivity contribution in [3.05, 3.63) is 47.7 Å². The topological polar surface area (TPSA) is 75.4 Å². The van der Waals surface area contributed by atoms with E-state index in [4.69, 9.17) is 9.52 Å². The smallest absolute Gasteiger partial charge is 0.224 e. The van der Waals surface area contributed by atoms with E-state index in [1.54, 1.807) is 12.3 Å². The van der Waals surface area contributed by atoms with Crippen LogP contribution in [0.1, 0.15) is 23.5 Å². The van der Waals surface area contributed by atoms with Gasteiger partial charge in [-0.25, -0.2) is 0 Å². The van der Waals surface area contributed by atoms with E-state index in [-0.39, 0.29) is 12.5 Å². The number of aliphatic hydroxyl groups is 1. The van der Waals surface area contributed by atoms with Crippen molar-refractivity contribution in [2.75, 3.05) is 5.32 Å². The lowest BCUT2D eigenvalue weighted by molar-refractivity contribution is -0.116. The fourth-order valence-electron chi connectivity index (χ4n) is 1.74. The zero-order valence-electron chi connectivity index (χ0n) is 10.7. The number of anilines is 1. The number of aryl methyl sites for hydroxylation is 2. The van der Waals surface area contributed by atoms with Gasteiger partial charge in [-0.05, 0) is 25.1 Å². The van der Waals surface area contributed by atoms with Crippen LogP contribution >= 0.6 is 0 Å². The van der Waals surface area contributed by atoms with Crippen molar-refractivity contribution in [2.45, 2.75) is 26.4 Å². The fourth-order valence-corrected chi connectivity index (χ4v) is 1.74. The molecule has 2 heterocycles. The fraction of sp³-hybridized carbons (Fsp3) is 0.286. The highest BCUT2D eigenvalue weighted by atomic mass is 16.3. The van der Waals surface area contributed by atoms with E-state index in [0.29, 0.717) is 24.1 Å². The Kier molecular flexibility index (Phi) is 4.30. The summed E-state index contributed by atoms with van der Waals surface area (Å²) in [6, 6.07) is 5.41. The van der Waals surface area contributed by atoms with Crippen LogP contribution in [0.15, 0.2) is 35.0 Å². The number of hydrogen-bond acceptors (Lipinski definition) is 4. The number of carbonyl (C=O) groups excluding carboxylic acids is 1. The van der Waals surface area contributed by atoms with E-state index in [1.807, 2.05) is 19.1 Å². The number of pyridine rings is 1. The van der Waals surface area contributed by atoms with Crippen molar-refractivity contribution in [3.63, 3.8) is 0 Å². The lowest BCUT2D eigenvalue weighted by Gasteiger charge is -2.08. The van der Waals surface area contributed by atoms with Gasteiger partial charge in [0.05, 0.1) is 18.5 Å². The minimum Gasteiger partial charge on any atom is -0.466 e. The summed E-state index contributed by atoms with van der Waals surface area (Å²) in [6.07, 6.45) is 3.98.